The smallest absolute Gasteiger partial charge is 0.123 e. The summed E-state index contributed by atoms with van der Waals surface area (Å²) in [4.78, 5) is 8.65. The van der Waals surface area contributed by atoms with Crippen molar-refractivity contribution in [3.8, 4) is 0 Å². The number of aromatic nitrogens is 2. The summed E-state index contributed by atoms with van der Waals surface area (Å²) >= 11 is 0. The van der Waals surface area contributed by atoms with Crippen LogP contribution in [0.3, 0.4) is 0 Å². The molecule has 3 heteroatoms. The minimum absolute atomic E-state index is 0.244. The van der Waals surface area contributed by atoms with Crippen LogP contribution in [0, 0.1) is 5.82 Å². The quantitative estimate of drug-likeness (QED) is 0.688. The van der Waals surface area contributed by atoms with Crippen molar-refractivity contribution in [3.05, 3.63) is 71.9 Å². The number of pyridine rings is 2. The fourth-order valence-electron chi connectivity index (χ4n) is 1.85. The molecule has 3 aromatic rings. The van der Waals surface area contributed by atoms with Crippen molar-refractivity contribution in [1.82, 2.24) is 9.97 Å². The topological polar surface area (TPSA) is 25.8 Å². The summed E-state index contributed by atoms with van der Waals surface area (Å²) in [5.74, 6) is -0.244. The molecule has 0 spiro atoms. The standard InChI is InChI=1S/C16H11FN2/c17-13-5-9-16-12(11-13)4-6-15(19-16)8-7-14-3-1-2-10-18-14/h1-11H/b8-7+. The minimum Gasteiger partial charge on any atom is -0.257 e. The molecule has 2 nitrogen and oxygen atoms in total. The molecule has 0 amide bonds. The third-order valence-corrected chi connectivity index (χ3v) is 2.79. The van der Waals surface area contributed by atoms with Gasteiger partial charge in [0.25, 0.3) is 0 Å². The molecule has 0 atom stereocenters. The Bertz CT molecular complexity index is 736. The number of fused-ring (bicyclic) bond motifs is 1. The second-order valence-electron chi connectivity index (χ2n) is 4.16. The first-order chi connectivity index (χ1) is 9.31. The largest absolute Gasteiger partial charge is 0.257 e. The second kappa shape index (κ2) is 4.98. The van der Waals surface area contributed by atoms with Gasteiger partial charge in [0.15, 0.2) is 0 Å². The highest BCUT2D eigenvalue weighted by molar-refractivity contribution is 5.80. The van der Waals surface area contributed by atoms with Crippen molar-refractivity contribution < 1.29 is 4.39 Å². The highest BCUT2D eigenvalue weighted by Gasteiger charge is 1.98. The fourth-order valence-corrected chi connectivity index (χ4v) is 1.85. The molecule has 0 aliphatic carbocycles. The summed E-state index contributed by atoms with van der Waals surface area (Å²) in [6.45, 7) is 0. The average molecular weight is 250 g/mol. The van der Waals surface area contributed by atoms with Gasteiger partial charge in [-0.25, -0.2) is 9.37 Å². The number of nitrogens with zero attached hydrogens (tertiary/aromatic N) is 2. The van der Waals surface area contributed by atoms with Crippen LogP contribution < -0.4 is 0 Å². The first-order valence-electron chi connectivity index (χ1n) is 5.97. The van der Waals surface area contributed by atoms with Crippen LogP contribution in [0.4, 0.5) is 4.39 Å². The number of hydrogen-bond acceptors (Lipinski definition) is 2. The van der Waals surface area contributed by atoms with E-state index in [1.807, 2.05) is 42.5 Å². The van der Waals surface area contributed by atoms with E-state index in [2.05, 4.69) is 9.97 Å². The molecule has 0 saturated carbocycles. The molecule has 0 aliphatic rings. The van der Waals surface area contributed by atoms with Crippen LogP contribution in [0.2, 0.25) is 0 Å². The van der Waals surface area contributed by atoms with Crippen LogP contribution in [0.1, 0.15) is 11.4 Å². The van der Waals surface area contributed by atoms with E-state index in [0.717, 1.165) is 22.3 Å². The molecule has 19 heavy (non-hydrogen) atoms. The van der Waals surface area contributed by atoms with Crippen LogP contribution in [0.25, 0.3) is 23.1 Å². The maximum Gasteiger partial charge on any atom is 0.123 e. The highest BCUT2D eigenvalue weighted by atomic mass is 19.1. The van der Waals surface area contributed by atoms with Gasteiger partial charge in [0.2, 0.25) is 0 Å². The average Bonchev–Trinajstić information content (AvgIpc) is 2.46. The molecular formula is C16H11FN2. The van der Waals surface area contributed by atoms with Gasteiger partial charge in [0.1, 0.15) is 5.82 Å². The Morgan fingerprint density at radius 1 is 0.895 bits per heavy atom. The minimum atomic E-state index is -0.244. The van der Waals surface area contributed by atoms with Crippen LogP contribution in [-0.2, 0) is 0 Å². The third kappa shape index (κ3) is 2.65. The van der Waals surface area contributed by atoms with E-state index in [9.17, 15) is 4.39 Å². The Morgan fingerprint density at radius 2 is 1.79 bits per heavy atom. The van der Waals surface area contributed by atoms with E-state index >= 15 is 0 Å². The van der Waals surface area contributed by atoms with Gasteiger partial charge in [0, 0.05) is 11.6 Å². The fraction of sp³-hybridized carbons (Fsp3) is 0. The first-order valence-corrected chi connectivity index (χ1v) is 5.97. The molecule has 1 aromatic carbocycles. The molecule has 0 bridgehead atoms. The molecule has 92 valence electrons. The maximum atomic E-state index is 13.1. The SMILES string of the molecule is Fc1ccc2nc(/C=C/c3ccccn3)ccc2c1. The zero-order chi connectivity index (χ0) is 13.1. The van der Waals surface area contributed by atoms with Gasteiger partial charge >= 0.3 is 0 Å². The van der Waals surface area contributed by atoms with Gasteiger partial charge in [-0.3, -0.25) is 4.98 Å². The lowest BCUT2D eigenvalue weighted by Gasteiger charge is -1.99. The van der Waals surface area contributed by atoms with Crippen molar-refractivity contribution in [2.75, 3.05) is 0 Å². The van der Waals surface area contributed by atoms with Gasteiger partial charge in [0.05, 0.1) is 16.9 Å². The van der Waals surface area contributed by atoms with Gasteiger partial charge in [-0.05, 0) is 48.6 Å². The number of rotatable bonds is 2. The van der Waals surface area contributed by atoms with Crippen molar-refractivity contribution in [3.63, 3.8) is 0 Å². The van der Waals surface area contributed by atoms with E-state index in [1.54, 1.807) is 12.3 Å². The zero-order valence-corrected chi connectivity index (χ0v) is 10.1. The van der Waals surface area contributed by atoms with E-state index in [-0.39, 0.29) is 5.82 Å². The summed E-state index contributed by atoms with van der Waals surface area (Å²) < 4.78 is 13.1. The van der Waals surface area contributed by atoms with E-state index in [0.29, 0.717) is 0 Å². The van der Waals surface area contributed by atoms with Crippen molar-refractivity contribution in [2.45, 2.75) is 0 Å². The van der Waals surface area contributed by atoms with Gasteiger partial charge in [-0.15, -0.1) is 0 Å². The summed E-state index contributed by atoms with van der Waals surface area (Å²) in [6, 6.07) is 14.0. The lowest BCUT2D eigenvalue weighted by atomic mass is 10.2. The van der Waals surface area contributed by atoms with Crippen LogP contribution in [-0.4, -0.2) is 9.97 Å². The van der Waals surface area contributed by atoms with Crippen LogP contribution >= 0.6 is 0 Å². The molecule has 0 saturated heterocycles. The van der Waals surface area contributed by atoms with Gasteiger partial charge < -0.3 is 0 Å². The summed E-state index contributed by atoms with van der Waals surface area (Å²) in [6.07, 6.45) is 5.54. The number of benzene rings is 1. The van der Waals surface area contributed by atoms with Crippen LogP contribution in [0.5, 0.6) is 0 Å². The summed E-state index contributed by atoms with van der Waals surface area (Å²) in [7, 11) is 0. The number of halogens is 1. The molecule has 0 radical (unpaired) electrons. The highest BCUT2D eigenvalue weighted by Crippen LogP contribution is 2.15. The molecule has 2 heterocycles. The molecule has 0 unspecified atom stereocenters. The zero-order valence-electron chi connectivity index (χ0n) is 10.1. The summed E-state index contributed by atoms with van der Waals surface area (Å²) in [5.41, 5.74) is 2.48. The molecule has 0 aliphatic heterocycles. The Morgan fingerprint density at radius 3 is 2.63 bits per heavy atom. The van der Waals surface area contributed by atoms with E-state index in [4.69, 9.17) is 0 Å². The third-order valence-electron chi connectivity index (χ3n) is 2.79. The first kappa shape index (κ1) is 11.5. The lowest BCUT2D eigenvalue weighted by Crippen LogP contribution is -1.84. The normalized spacial score (nSPS) is 11.2. The predicted octanol–water partition coefficient (Wildman–Crippen LogP) is 3.94. The monoisotopic (exact) mass is 250 g/mol. The molecular weight excluding hydrogens is 239 g/mol. The maximum absolute atomic E-state index is 13.1. The molecule has 2 aromatic heterocycles. The predicted molar refractivity (Wildman–Crippen MR) is 74.9 cm³/mol. The second-order valence-corrected chi connectivity index (χ2v) is 4.16. The molecule has 0 fully saturated rings. The van der Waals surface area contributed by atoms with E-state index < -0.39 is 0 Å². The Hall–Kier alpha value is -2.55. The number of hydrogen-bond donors (Lipinski definition) is 0. The van der Waals surface area contributed by atoms with Gasteiger partial charge in [-0.2, -0.15) is 0 Å². The van der Waals surface area contributed by atoms with Crippen molar-refractivity contribution in [1.29, 1.82) is 0 Å². The Balaban J connectivity index is 1.94. The van der Waals surface area contributed by atoms with Crippen molar-refractivity contribution in [2.24, 2.45) is 0 Å². The Labute approximate surface area is 110 Å². The summed E-state index contributed by atoms with van der Waals surface area (Å²) in [5, 5.41) is 0.801. The molecule has 0 N–H and O–H groups in total. The Kier molecular flexibility index (Phi) is 3.02. The van der Waals surface area contributed by atoms with Gasteiger partial charge in [-0.1, -0.05) is 12.1 Å². The van der Waals surface area contributed by atoms with E-state index in [1.165, 1.54) is 12.1 Å². The van der Waals surface area contributed by atoms with Crippen LogP contribution in [0.15, 0.2) is 54.7 Å². The lowest BCUT2D eigenvalue weighted by molar-refractivity contribution is 0.629. The van der Waals surface area contributed by atoms with Crippen molar-refractivity contribution >= 4 is 23.1 Å². The molecule has 3 rings (SSSR count).